The van der Waals surface area contributed by atoms with E-state index in [9.17, 15) is 4.79 Å². The molecule has 1 saturated carbocycles. The fourth-order valence-corrected chi connectivity index (χ4v) is 3.46. The van der Waals surface area contributed by atoms with Gasteiger partial charge in [-0.25, -0.2) is 0 Å². The fraction of sp³-hybridized carbons (Fsp3) is 0.500. The molecule has 1 aliphatic rings. The summed E-state index contributed by atoms with van der Waals surface area (Å²) in [6.07, 6.45) is 4.27. The first-order valence-corrected chi connectivity index (χ1v) is 8.03. The van der Waals surface area contributed by atoms with Gasteiger partial charge < -0.3 is 5.32 Å². The molecule has 1 N–H and O–H groups in total. The van der Waals surface area contributed by atoms with Gasteiger partial charge in [-0.2, -0.15) is 0 Å². The first-order chi connectivity index (χ1) is 9.04. The number of benzene rings is 1. The van der Waals surface area contributed by atoms with Crippen molar-refractivity contribution in [3.63, 3.8) is 0 Å². The molecule has 2 nitrogen and oxygen atoms in total. The molecule has 1 aliphatic carbocycles. The van der Waals surface area contributed by atoms with Crippen molar-refractivity contribution >= 4 is 45.0 Å². The lowest BCUT2D eigenvalue weighted by molar-refractivity contribution is 0.0943. The Morgan fingerprint density at radius 1 is 1.26 bits per heavy atom. The van der Waals surface area contributed by atoms with Crippen LogP contribution in [0.5, 0.6) is 0 Å². The average Bonchev–Trinajstić information content (AvgIpc) is 2.36. The molecule has 1 aromatic carbocycles. The van der Waals surface area contributed by atoms with E-state index < -0.39 is 0 Å². The molecule has 1 amide bonds. The number of carbonyl (C=O) groups excluding carboxylic acids is 1. The zero-order valence-electron chi connectivity index (χ0n) is 10.5. The van der Waals surface area contributed by atoms with Crippen LogP contribution in [0.2, 0.25) is 5.02 Å². The minimum Gasteiger partial charge on any atom is -0.352 e. The predicted molar refractivity (Wildman–Crippen MR) is 83.1 cm³/mol. The van der Waals surface area contributed by atoms with Crippen LogP contribution >= 0.6 is 39.1 Å². The second-order valence-electron chi connectivity index (χ2n) is 4.99. The summed E-state index contributed by atoms with van der Waals surface area (Å²) in [5.41, 5.74) is 0.588. The highest BCUT2D eigenvalue weighted by Gasteiger charge is 2.20. The fourth-order valence-electron chi connectivity index (χ4n) is 2.35. The van der Waals surface area contributed by atoms with Gasteiger partial charge in [0.1, 0.15) is 0 Å². The number of amides is 1. The number of alkyl halides is 1. The lowest BCUT2D eigenvalue weighted by atomic mass is 9.89. The first kappa shape index (κ1) is 15.1. The summed E-state index contributed by atoms with van der Waals surface area (Å²) in [6, 6.07) is 5.22. The Hall–Kier alpha value is -0.250. The molecular weight excluding hydrogens is 349 g/mol. The van der Waals surface area contributed by atoms with Crippen molar-refractivity contribution < 1.29 is 4.79 Å². The Morgan fingerprint density at radius 3 is 2.58 bits per heavy atom. The number of halogens is 3. The summed E-state index contributed by atoms with van der Waals surface area (Å²) in [5, 5.41) is 3.85. The Kier molecular flexibility index (Phi) is 5.55. The van der Waals surface area contributed by atoms with Gasteiger partial charge in [-0.05, 0) is 49.8 Å². The lowest BCUT2D eigenvalue weighted by Gasteiger charge is -2.25. The second kappa shape index (κ2) is 6.96. The molecule has 0 unspecified atom stereocenters. The van der Waals surface area contributed by atoms with Gasteiger partial charge in [0, 0.05) is 27.0 Å². The van der Waals surface area contributed by atoms with E-state index in [0.29, 0.717) is 28.4 Å². The second-order valence-corrected chi connectivity index (χ2v) is 6.96. The lowest BCUT2D eigenvalue weighted by Crippen LogP contribution is -2.31. The van der Waals surface area contributed by atoms with Crippen molar-refractivity contribution in [3.05, 3.63) is 33.3 Å². The third-order valence-electron chi connectivity index (χ3n) is 3.45. The molecule has 0 atom stereocenters. The Balaban J connectivity index is 1.87. The summed E-state index contributed by atoms with van der Waals surface area (Å²) in [4.78, 5) is 12.0. The Morgan fingerprint density at radius 2 is 1.95 bits per heavy atom. The van der Waals surface area contributed by atoms with E-state index in [1.54, 1.807) is 18.2 Å². The molecular formula is C14H16BrCl2NO. The van der Waals surface area contributed by atoms with E-state index in [2.05, 4.69) is 21.2 Å². The zero-order chi connectivity index (χ0) is 13.8. The molecule has 0 spiro atoms. The molecule has 0 heterocycles. The maximum atomic E-state index is 12.0. The van der Waals surface area contributed by atoms with E-state index >= 15 is 0 Å². The van der Waals surface area contributed by atoms with Crippen molar-refractivity contribution in [2.45, 2.75) is 31.1 Å². The number of hydrogen-bond donors (Lipinski definition) is 1. The maximum Gasteiger partial charge on any atom is 0.251 e. The largest absolute Gasteiger partial charge is 0.352 e. The average molecular weight is 365 g/mol. The van der Waals surface area contributed by atoms with Crippen LogP contribution in [-0.4, -0.2) is 17.8 Å². The third-order valence-corrected chi connectivity index (χ3v) is 4.56. The molecule has 19 heavy (non-hydrogen) atoms. The minimum atomic E-state index is -0.0730. The van der Waals surface area contributed by atoms with Gasteiger partial charge in [0.15, 0.2) is 0 Å². The van der Waals surface area contributed by atoms with Crippen molar-refractivity contribution in [3.8, 4) is 0 Å². The smallest absolute Gasteiger partial charge is 0.251 e. The number of nitrogens with one attached hydrogen (secondary N) is 1. The summed E-state index contributed by atoms with van der Waals surface area (Å²) in [7, 11) is 0. The van der Waals surface area contributed by atoms with Crippen LogP contribution in [-0.2, 0) is 0 Å². The summed E-state index contributed by atoms with van der Waals surface area (Å²) < 4.78 is 0.813. The summed E-state index contributed by atoms with van der Waals surface area (Å²) in [5.74, 6) is 0.470. The number of carbonyl (C=O) groups is 1. The summed E-state index contributed by atoms with van der Waals surface area (Å²) >= 11 is 15.3. The van der Waals surface area contributed by atoms with Gasteiger partial charge in [0.05, 0.1) is 0 Å². The van der Waals surface area contributed by atoms with Crippen LogP contribution in [0.1, 0.15) is 36.0 Å². The van der Waals surface area contributed by atoms with Gasteiger partial charge in [-0.3, -0.25) is 4.79 Å². The van der Waals surface area contributed by atoms with E-state index in [1.807, 2.05) is 0 Å². The van der Waals surface area contributed by atoms with Crippen LogP contribution in [0, 0.1) is 5.92 Å². The minimum absolute atomic E-state index is 0.0730. The van der Waals surface area contributed by atoms with Crippen molar-refractivity contribution in [1.29, 1.82) is 0 Å². The van der Waals surface area contributed by atoms with Crippen LogP contribution in [0.15, 0.2) is 22.7 Å². The monoisotopic (exact) mass is 363 g/mol. The van der Waals surface area contributed by atoms with Crippen molar-refractivity contribution in [2.24, 2.45) is 5.92 Å². The molecule has 0 aliphatic heterocycles. The van der Waals surface area contributed by atoms with E-state index in [1.165, 1.54) is 0 Å². The quantitative estimate of drug-likeness (QED) is 0.778. The van der Waals surface area contributed by atoms with Gasteiger partial charge >= 0.3 is 0 Å². The molecule has 1 aromatic rings. The van der Waals surface area contributed by atoms with E-state index in [-0.39, 0.29) is 5.91 Å². The van der Waals surface area contributed by atoms with Crippen molar-refractivity contribution in [2.75, 3.05) is 6.54 Å². The molecule has 104 valence electrons. The highest BCUT2D eigenvalue weighted by atomic mass is 79.9. The maximum absolute atomic E-state index is 12.0. The highest BCUT2D eigenvalue weighted by Crippen LogP contribution is 2.27. The Bertz CT molecular complexity index is 439. The molecule has 2 rings (SSSR count). The van der Waals surface area contributed by atoms with E-state index in [4.69, 9.17) is 23.2 Å². The molecule has 0 bridgehead atoms. The van der Waals surface area contributed by atoms with E-state index in [0.717, 1.165) is 30.2 Å². The van der Waals surface area contributed by atoms with Gasteiger partial charge in [-0.15, -0.1) is 11.6 Å². The van der Waals surface area contributed by atoms with Gasteiger partial charge in [0.25, 0.3) is 5.91 Å². The normalized spacial score (nSPS) is 23.1. The summed E-state index contributed by atoms with van der Waals surface area (Å²) in [6.45, 7) is 0.715. The zero-order valence-corrected chi connectivity index (χ0v) is 13.6. The first-order valence-electron chi connectivity index (χ1n) is 6.43. The highest BCUT2D eigenvalue weighted by molar-refractivity contribution is 9.10. The number of rotatable bonds is 3. The topological polar surface area (TPSA) is 29.1 Å². The molecule has 5 heteroatoms. The molecule has 1 fully saturated rings. The Labute approximate surface area is 132 Å². The predicted octanol–water partition coefficient (Wildman–Crippen LogP) is 4.63. The SMILES string of the molecule is O=C(NCC1CCC(Cl)CC1)c1cc(Cl)cc(Br)c1. The standard InChI is InChI=1S/C14H16BrCl2NO/c15-11-5-10(6-13(17)7-11)14(19)18-8-9-1-3-12(16)4-2-9/h5-7,9,12H,1-4,8H2,(H,18,19). The van der Waals surface area contributed by atoms with Gasteiger partial charge in [-0.1, -0.05) is 27.5 Å². The molecule has 0 radical (unpaired) electrons. The van der Waals surface area contributed by atoms with Crippen LogP contribution in [0.4, 0.5) is 0 Å². The molecule has 0 saturated heterocycles. The molecule has 0 aromatic heterocycles. The van der Waals surface area contributed by atoms with Gasteiger partial charge in [0.2, 0.25) is 0 Å². The van der Waals surface area contributed by atoms with Crippen LogP contribution < -0.4 is 5.32 Å². The van der Waals surface area contributed by atoms with Crippen molar-refractivity contribution in [1.82, 2.24) is 5.32 Å². The number of hydrogen-bond acceptors (Lipinski definition) is 1. The third kappa shape index (κ3) is 4.66. The van der Waals surface area contributed by atoms with Crippen LogP contribution in [0.3, 0.4) is 0 Å². The van der Waals surface area contributed by atoms with Crippen LogP contribution in [0.25, 0.3) is 0 Å².